The van der Waals surface area contributed by atoms with Gasteiger partial charge in [-0.05, 0) is 26.0 Å². The number of thiazole rings is 1. The minimum absolute atomic E-state index is 0.162. The molecular weight excluding hydrogens is 301 g/mol. The van der Waals surface area contributed by atoms with E-state index in [-0.39, 0.29) is 17.7 Å². The molecule has 2 aromatic rings. The molecule has 0 aliphatic rings. The highest BCUT2D eigenvalue weighted by atomic mass is 32.1. The van der Waals surface area contributed by atoms with Crippen LogP contribution in [-0.4, -0.2) is 17.0 Å². The number of aryl methyl sites for hydroxylation is 1. The summed E-state index contributed by atoms with van der Waals surface area (Å²) in [6.45, 7) is 3.76. The molecule has 4 nitrogen and oxygen atoms in total. The first-order chi connectivity index (χ1) is 9.79. The number of anilines is 2. The first-order valence-electron chi connectivity index (χ1n) is 6.25. The summed E-state index contributed by atoms with van der Waals surface area (Å²) in [5.74, 6) is 0.323. The van der Waals surface area contributed by atoms with Gasteiger partial charge in [-0.1, -0.05) is 0 Å². The van der Waals surface area contributed by atoms with Crippen LogP contribution in [0.5, 0.6) is 0 Å². The quantitative estimate of drug-likeness (QED) is 0.892. The Hall–Kier alpha value is -1.83. The topological polar surface area (TPSA) is 49.8 Å². The Labute approximate surface area is 124 Å². The molecule has 2 N–H and O–H groups in total. The van der Waals surface area contributed by atoms with Gasteiger partial charge < -0.3 is 10.6 Å². The van der Waals surface area contributed by atoms with Gasteiger partial charge in [0.25, 0.3) is 0 Å². The highest BCUT2D eigenvalue weighted by Gasteiger charge is 2.31. The lowest BCUT2D eigenvalue weighted by molar-refractivity contribution is -0.137. The second-order valence-corrected chi connectivity index (χ2v) is 5.82. The third-order valence-electron chi connectivity index (χ3n) is 2.78. The van der Waals surface area contributed by atoms with Crippen molar-refractivity contribution in [2.45, 2.75) is 26.1 Å². The average Bonchev–Trinajstić information content (AvgIpc) is 2.84. The van der Waals surface area contributed by atoms with E-state index in [0.29, 0.717) is 0 Å². The number of halogens is 3. The van der Waals surface area contributed by atoms with Crippen LogP contribution in [0.15, 0.2) is 18.3 Å². The van der Waals surface area contributed by atoms with Crippen LogP contribution in [0.1, 0.15) is 28.4 Å². The van der Waals surface area contributed by atoms with Crippen LogP contribution >= 0.6 is 11.3 Å². The van der Waals surface area contributed by atoms with E-state index in [2.05, 4.69) is 20.6 Å². The summed E-state index contributed by atoms with van der Waals surface area (Å²) < 4.78 is 38.6. The average molecular weight is 316 g/mol. The minimum Gasteiger partial charge on any atom is -0.373 e. The standard InChI is InChI=1S/C13H15F3N4S/c1-7-6-18-12(21-7)8(2)19-11-5-9(13(14,15)16)4-10(17-3)20-11/h4-6,8H,1-3H3,(H2,17,19,20). The van der Waals surface area contributed by atoms with Crippen molar-refractivity contribution in [2.24, 2.45) is 0 Å². The maximum absolute atomic E-state index is 12.9. The summed E-state index contributed by atoms with van der Waals surface area (Å²) in [6.07, 6.45) is -2.68. The Kier molecular flexibility index (Phi) is 4.36. The van der Waals surface area contributed by atoms with Crippen LogP contribution < -0.4 is 10.6 Å². The lowest BCUT2D eigenvalue weighted by Gasteiger charge is -2.15. The van der Waals surface area contributed by atoms with E-state index in [4.69, 9.17) is 0 Å². The van der Waals surface area contributed by atoms with Crippen molar-refractivity contribution in [2.75, 3.05) is 17.7 Å². The molecule has 1 unspecified atom stereocenters. The molecule has 2 aromatic heterocycles. The number of nitrogens with one attached hydrogen (secondary N) is 2. The Morgan fingerprint density at radius 2 is 1.90 bits per heavy atom. The summed E-state index contributed by atoms with van der Waals surface area (Å²) in [4.78, 5) is 9.36. The van der Waals surface area contributed by atoms with Crippen molar-refractivity contribution >= 4 is 23.0 Å². The van der Waals surface area contributed by atoms with E-state index in [1.807, 2.05) is 13.8 Å². The molecule has 0 radical (unpaired) electrons. The molecule has 0 fully saturated rings. The molecule has 0 aliphatic carbocycles. The van der Waals surface area contributed by atoms with Crippen LogP contribution in [0.4, 0.5) is 24.8 Å². The predicted molar refractivity (Wildman–Crippen MR) is 77.7 cm³/mol. The highest BCUT2D eigenvalue weighted by Crippen LogP contribution is 2.33. The van der Waals surface area contributed by atoms with E-state index in [9.17, 15) is 13.2 Å². The molecule has 1 atom stereocenters. The number of aromatic nitrogens is 2. The molecule has 0 aromatic carbocycles. The van der Waals surface area contributed by atoms with Crippen LogP contribution in [0, 0.1) is 6.92 Å². The van der Waals surface area contributed by atoms with Gasteiger partial charge in [0.15, 0.2) is 0 Å². The first kappa shape index (κ1) is 15.6. The third kappa shape index (κ3) is 3.84. The molecule has 0 aliphatic heterocycles. The number of hydrogen-bond donors (Lipinski definition) is 2. The number of hydrogen-bond acceptors (Lipinski definition) is 5. The smallest absolute Gasteiger partial charge is 0.373 e. The van der Waals surface area contributed by atoms with E-state index < -0.39 is 11.7 Å². The van der Waals surface area contributed by atoms with Crippen molar-refractivity contribution in [1.82, 2.24) is 9.97 Å². The van der Waals surface area contributed by atoms with Gasteiger partial charge in [0, 0.05) is 18.1 Å². The molecule has 0 bridgehead atoms. The van der Waals surface area contributed by atoms with Gasteiger partial charge >= 0.3 is 6.18 Å². The Balaban J connectivity index is 2.27. The maximum Gasteiger partial charge on any atom is 0.416 e. The molecule has 21 heavy (non-hydrogen) atoms. The Bertz CT molecular complexity index is 624. The SMILES string of the molecule is CNc1cc(C(F)(F)F)cc(NC(C)c2ncc(C)s2)n1. The van der Waals surface area contributed by atoms with Crippen molar-refractivity contribution in [3.8, 4) is 0 Å². The third-order valence-corrected chi connectivity index (χ3v) is 3.88. The molecule has 0 saturated heterocycles. The second kappa shape index (κ2) is 5.88. The van der Waals surface area contributed by atoms with Crippen LogP contribution in [-0.2, 0) is 6.18 Å². The number of pyridine rings is 1. The molecule has 8 heteroatoms. The summed E-state index contributed by atoms with van der Waals surface area (Å²) in [5, 5.41) is 6.39. The van der Waals surface area contributed by atoms with E-state index in [1.165, 1.54) is 18.4 Å². The van der Waals surface area contributed by atoms with Gasteiger partial charge in [0.2, 0.25) is 0 Å². The summed E-state index contributed by atoms with van der Waals surface area (Å²) in [5.41, 5.74) is -0.744. The zero-order valence-corrected chi connectivity index (χ0v) is 12.6. The molecular formula is C13H15F3N4S. The first-order valence-corrected chi connectivity index (χ1v) is 7.07. The van der Waals surface area contributed by atoms with Gasteiger partial charge in [-0.15, -0.1) is 11.3 Å². The fourth-order valence-electron chi connectivity index (χ4n) is 1.75. The molecule has 0 saturated carbocycles. The van der Waals surface area contributed by atoms with E-state index >= 15 is 0 Å². The van der Waals surface area contributed by atoms with Gasteiger partial charge in [0.1, 0.15) is 16.6 Å². The van der Waals surface area contributed by atoms with E-state index in [1.54, 1.807) is 6.20 Å². The molecule has 0 spiro atoms. The minimum atomic E-state index is -4.41. The Morgan fingerprint density at radius 1 is 1.24 bits per heavy atom. The molecule has 2 heterocycles. The van der Waals surface area contributed by atoms with Crippen molar-refractivity contribution in [3.05, 3.63) is 33.8 Å². The van der Waals surface area contributed by atoms with Crippen LogP contribution in [0.2, 0.25) is 0 Å². The van der Waals surface area contributed by atoms with Crippen LogP contribution in [0.3, 0.4) is 0 Å². The van der Waals surface area contributed by atoms with Crippen molar-refractivity contribution < 1.29 is 13.2 Å². The predicted octanol–water partition coefficient (Wildman–Crippen LogP) is 4.08. The summed E-state index contributed by atoms with van der Waals surface area (Å²) in [6, 6.07) is 1.76. The Morgan fingerprint density at radius 3 is 2.43 bits per heavy atom. The van der Waals surface area contributed by atoms with Crippen molar-refractivity contribution in [3.63, 3.8) is 0 Å². The van der Waals surface area contributed by atoms with E-state index in [0.717, 1.165) is 22.0 Å². The number of rotatable bonds is 4. The fourth-order valence-corrected chi connectivity index (χ4v) is 2.53. The summed E-state index contributed by atoms with van der Waals surface area (Å²) in [7, 11) is 1.53. The zero-order valence-electron chi connectivity index (χ0n) is 11.7. The monoisotopic (exact) mass is 316 g/mol. The van der Waals surface area contributed by atoms with Gasteiger partial charge in [0.05, 0.1) is 11.6 Å². The molecule has 114 valence electrons. The zero-order chi connectivity index (χ0) is 15.6. The van der Waals surface area contributed by atoms with Gasteiger partial charge in [-0.25, -0.2) is 9.97 Å². The lowest BCUT2D eigenvalue weighted by Crippen LogP contribution is -2.12. The number of nitrogens with zero attached hydrogens (tertiary/aromatic N) is 2. The maximum atomic E-state index is 12.9. The highest BCUT2D eigenvalue weighted by molar-refractivity contribution is 7.11. The molecule has 2 rings (SSSR count). The largest absolute Gasteiger partial charge is 0.416 e. The lowest BCUT2D eigenvalue weighted by atomic mass is 10.2. The second-order valence-electron chi connectivity index (χ2n) is 4.55. The van der Waals surface area contributed by atoms with Crippen LogP contribution in [0.25, 0.3) is 0 Å². The van der Waals surface area contributed by atoms with Gasteiger partial charge in [-0.3, -0.25) is 0 Å². The van der Waals surface area contributed by atoms with Gasteiger partial charge in [-0.2, -0.15) is 13.2 Å². The molecule has 0 amide bonds. The normalized spacial score (nSPS) is 13.0. The number of alkyl halides is 3. The fraction of sp³-hybridized carbons (Fsp3) is 0.385. The summed E-state index contributed by atoms with van der Waals surface area (Å²) >= 11 is 1.50. The van der Waals surface area contributed by atoms with Crippen molar-refractivity contribution in [1.29, 1.82) is 0 Å².